The average molecular weight is 312 g/mol. The van der Waals surface area contributed by atoms with Gasteiger partial charge >= 0.3 is 0 Å². The number of hydrogen-bond donors (Lipinski definition) is 0. The summed E-state index contributed by atoms with van der Waals surface area (Å²) in [5, 5.41) is 0.994. The first-order valence-corrected chi connectivity index (χ1v) is 8.09. The third-order valence-corrected chi connectivity index (χ3v) is 4.64. The van der Waals surface area contributed by atoms with Crippen molar-refractivity contribution in [3.8, 4) is 5.75 Å². The summed E-state index contributed by atoms with van der Waals surface area (Å²) < 4.78 is 5.32. The van der Waals surface area contributed by atoms with Crippen LogP contribution < -0.4 is 9.64 Å². The number of nitrogens with zero attached hydrogens (tertiary/aromatic N) is 4. The van der Waals surface area contributed by atoms with Gasteiger partial charge in [0.05, 0.1) is 12.6 Å². The molecule has 2 fully saturated rings. The number of anilines is 1. The monoisotopic (exact) mass is 312 g/mol. The van der Waals surface area contributed by atoms with Crippen molar-refractivity contribution in [1.82, 2.24) is 14.9 Å². The van der Waals surface area contributed by atoms with E-state index in [9.17, 15) is 4.79 Å². The van der Waals surface area contributed by atoms with E-state index in [0.29, 0.717) is 11.8 Å². The molecule has 2 aliphatic rings. The van der Waals surface area contributed by atoms with Crippen molar-refractivity contribution in [2.24, 2.45) is 5.92 Å². The number of methoxy groups -OCH3 is 1. The number of rotatable bonds is 3. The lowest BCUT2D eigenvalue weighted by molar-refractivity contribution is -0.132. The van der Waals surface area contributed by atoms with Gasteiger partial charge in [-0.1, -0.05) is 0 Å². The van der Waals surface area contributed by atoms with E-state index < -0.39 is 0 Å². The summed E-state index contributed by atoms with van der Waals surface area (Å²) >= 11 is 0. The minimum absolute atomic E-state index is 0.297. The van der Waals surface area contributed by atoms with E-state index in [-0.39, 0.29) is 0 Å². The highest BCUT2D eigenvalue weighted by Gasteiger charge is 2.34. The molecule has 120 valence electrons. The van der Waals surface area contributed by atoms with Crippen LogP contribution in [0.2, 0.25) is 0 Å². The van der Waals surface area contributed by atoms with E-state index >= 15 is 0 Å². The Hall–Kier alpha value is -2.37. The Bertz CT molecular complexity index is 736. The zero-order valence-corrected chi connectivity index (χ0v) is 13.2. The molecule has 1 aromatic heterocycles. The van der Waals surface area contributed by atoms with Crippen molar-refractivity contribution in [3.05, 3.63) is 24.5 Å². The van der Waals surface area contributed by atoms with Crippen LogP contribution in [0, 0.1) is 5.92 Å². The minimum Gasteiger partial charge on any atom is -0.497 e. The first kappa shape index (κ1) is 14.2. The van der Waals surface area contributed by atoms with Crippen LogP contribution >= 0.6 is 0 Å². The van der Waals surface area contributed by atoms with Crippen molar-refractivity contribution < 1.29 is 9.53 Å². The maximum Gasteiger partial charge on any atom is 0.225 e. The second-order valence-electron chi connectivity index (χ2n) is 6.17. The van der Waals surface area contributed by atoms with E-state index in [1.54, 1.807) is 13.4 Å². The number of benzene rings is 1. The fraction of sp³-hybridized carbons (Fsp3) is 0.471. The molecule has 0 spiro atoms. The van der Waals surface area contributed by atoms with Crippen molar-refractivity contribution in [3.63, 3.8) is 0 Å². The van der Waals surface area contributed by atoms with E-state index in [1.165, 1.54) is 0 Å². The maximum absolute atomic E-state index is 12.2. The summed E-state index contributed by atoms with van der Waals surface area (Å²) in [6.07, 6.45) is 3.73. The molecule has 1 amide bonds. The fourth-order valence-corrected chi connectivity index (χ4v) is 3.13. The quantitative estimate of drug-likeness (QED) is 0.863. The van der Waals surface area contributed by atoms with Crippen LogP contribution in [-0.4, -0.2) is 54.1 Å². The molecular formula is C17H20N4O2. The van der Waals surface area contributed by atoms with E-state index in [4.69, 9.17) is 4.74 Å². The lowest BCUT2D eigenvalue weighted by Gasteiger charge is -2.35. The molecule has 0 radical (unpaired) electrons. The van der Waals surface area contributed by atoms with Crippen LogP contribution in [0.3, 0.4) is 0 Å². The van der Waals surface area contributed by atoms with Gasteiger partial charge in [-0.25, -0.2) is 9.97 Å². The summed E-state index contributed by atoms with van der Waals surface area (Å²) in [5.74, 6) is 2.35. The summed E-state index contributed by atoms with van der Waals surface area (Å²) in [4.78, 5) is 25.2. The Labute approximate surface area is 135 Å². The summed E-state index contributed by atoms with van der Waals surface area (Å²) in [6.45, 7) is 3.15. The number of fused-ring (bicyclic) bond motifs is 1. The van der Waals surface area contributed by atoms with Gasteiger partial charge in [-0.05, 0) is 31.0 Å². The maximum atomic E-state index is 12.2. The fourth-order valence-electron chi connectivity index (χ4n) is 3.13. The van der Waals surface area contributed by atoms with Gasteiger partial charge in [-0.15, -0.1) is 0 Å². The van der Waals surface area contributed by atoms with Crippen molar-refractivity contribution in [2.45, 2.75) is 12.8 Å². The Kier molecular flexibility index (Phi) is 3.52. The molecule has 23 heavy (non-hydrogen) atoms. The minimum atomic E-state index is 0.297. The van der Waals surface area contributed by atoms with Gasteiger partial charge in [0.1, 0.15) is 17.9 Å². The van der Waals surface area contributed by atoms with Crippen LogP contribution in [0.15, 0.2) is 24.5 Å². The van der Waals surface area contributed by atoms with Crippen LogP contribution in [0.25, 0.3) is 10.9 Å². The van der Waals surface area contributed by atoms with Gasteiger partial charge in [-0.2, -0.15) is 0 Å². The van der Waals surface area contributed by atoms with Crippen molar-refractivity contribution >= 4 is 22.6 Å². The Morgan fingerprint density at radius 1 is 1.17 bits per heavy atom. The van der Waals surface area contributed by atoms with Crippen LogP contribution in [-0.2, 0) is 4.79 Å². The molecule has 1 saturated carbocycles. The number of aromatic nitrogens is 2. The largest absolute Gasteiger partial charge is 0.497 e. The standard InChI is InChI=1S/C17H20N4O2/c1-23-13-4-5-15-14(10-13)16(19-11-18-15)20-6-8-21(9-7-20)17(22)12-2-3-12/h4-5,10-12H,2-3,6-9H2,1H3. The Balaban J connectivity index is 1.56. The molecule has 1 aliphatic carbocycles. The second-order valence-corrected chi connectivity index (χ2v) is 6.17. The molecule has 1 saturated heterocycles. The molecule has 2 aromatic rings. The number of hydrogen-bond acceptors (Lipinski definition) is 5. The van der Waals surface area contributed by atoms with E-state index in [2.05, 4.69) is 14.9 Å². The van der Waals surface area contributed by atoms with E-state index in [0.717, 1.165) is 61.5 Å². The lowest BCUT2D eigenvalue weighted by atomic mass is 10.2. The van der Waals surface area contributed by atoms with Gasteiger partial charge in [0.25, 0.3) is 0 Å². The van der Waals surface area contributed by atoms with Crippen molar-refractivity contribution in [1.29, 1.82) is 0 Å². The molecule has 0 atom stereocenters. The number of carbonyl (C=O) groups excluding carboxylic acids is 1. The molecule has 6 heteroatoms. The van der Waals surface area contributed by atoms with Crippen LogP contribution in [0.4, 0.5) is 5.82 Å². The molecule has 0 unspecified atom stereocenters. The number of ether oxygens (including phenoxy) is 1. The molecule has 1 aliphatic heterocycles. The number of piperazine rings is 1. The van der Waals surface area contributed by atoms with Gasteiger partial charge in [0, 0.05) is 37.5 Å². The topological polar surface area (TPSA) is 58.6 Å². The summed E-state index contributed by atoms with van der Waals surface area (Å²) in [7, 11) is 1.66. The molecule has 1 aromatic carbocycles. The molecule has 6 nitrogen and oxygen atoms in total. The smallest absolute Gasteiger partial charge is 0.225 e. The Morgan fingerprint density at radius 2 is 1.96 bits per heavy atom. The molecular weight excluding hydrogens is 292 g/mol. The van der Waals surface area contributed by atoms with Crippen molar-refractivity contribution in [2.75, 3.05) is 38.2 Å². The first-order chi connectivity index (χ1) is 11.3. The third-order valence-electron chi connectivity index (χ3n) is 4.64. The predicted octanol–water partition coefficient (Wildman–Crippen LogP) is 1.70. The highest BCUT2D eigenvalue weighted by molar-refractivity contribution is 5.90. The van der Waals surface area contributed by atoms with Gasteiger partial charge in [0.2, 0.25) is 5.91 Å². The second kappa shape index (κ2) is 5.68. The van der Waals surface area contributed by atoms with Crippen LogP contribution in [0.5, 0.6) is 5.75 Å². The normalized spacial score (nSPS) is 18.3. The summed E-state index contributed by atoms with van der Waals surface area (Å²) in [5.41, 5.74) is 0.910. The number of carbonyl (C=O) groups is 1. The molecule has 2 heterocycles. The first-order valence-electron chi connectivity index (χ1n) is 8.09. The zero-order valence-electron chi connectivity index (χ0n) is 13.2. The highest BCUT2D eigenvalue weighted by Crippen LogP contribution is 2.32. The predicted molar refractivity (Wildman–Crippen MR) is 87.6 cm³/mol. The summed E-state index contributed by atoms with van der Waals surface area (Å²) in [6, 6.07) is 5.84. The molecule has 0 N–H and O–H groups in total. The molecule has 0 bridgehead atoms. The van der Waals surface area contributed by atoms with Crippen LogP contribution in [0.1, 0.15) is 12.8 Å². The lowest BCUT2D eigenvalue weighted by Crippen LogP contribution is -2.49. The Morgan fingerprint density at radius 3 is 2.65 bits per heavy atom. The molecule has 4 rings (SSSR count). The SMILES string of the molecule is COc1ccc2ncnc(N3CCN(C(=O)C4CC4)CC3)c2c1. The van der Waals surface area contributed by atoms with E-state index in [1.807, 2.05) is 23.1 Å². The van der Waals surface area contributed by atoms with Gasteiger partial charge in [0.15, 0.2) is 0 Å². The third kappa shape index (κ3) is 2.69. The van der Waals surface area contributed by atoms with Gasteiger partial charge < -0.3 is 14.5 Å². The number of amides is 1. The van der Waals surface area contributed by atoms with Gasteiger partial charge in [-0.3, -0.25) is 4.79 Å². The average Bonchev–Trinajstić information content (AvgIpc) is 3.45. The zero-order chi connectivity index (χ0) is 15.8. The highest BCUT2D eigenvalue weighted by atomic mass is 16.5.